The fraction of sp³-hybridized carbons (Fsp3) is 0.438. The van der Waals surface area contributed by atoms with E-state index in [9.17, 15) is 9.18 Å². The Morgan fingerprint density at radius 1 is 1.25 bits per heavy atom. The number of aromatic nitrogens is 1. The Balaban J connectivity index is 2.25. The van der Waals surface area contributed by atoms with Gasteiger partial charge in [-0.25, -0.2) is 4.39 Å². The number of rotatable bonds is 4. The smallest absolute Gasteiger partial charge is 0.227 e. The lowest BCUT2D eigenvalue weighted by Gasteiger charge is -2.30. The third kappa shape index (κ3) is 2.84. The second-order valence-corrected chi connectivity index (χ2v) is 5.67. The van der Waals surface area contributed by atoms with Gasteiger partial charge in [0.1, 0.15) is 5.82 Å². The van der Waals surface area contributed by atoms with Crippen molar-refractivity contribution in [3.8, 4) is 0 Å². The molecule has 0 unspecified atom stereocenters. The van der Waals surface area contributed by atoms with Gasteiger partial charge in [-0.05, 0) is 51.5 Å². The lowest BCUT2D eigenvalue weighted by Crippen LogP contribution is -2.42. The summed E-state index contributed by atoms with van der Waals surface area (Å²) in [6.45, 7) is 8.07. The van der Waals surface area contributed by atoms with Crippen LogP contribution in [0.2, 0.25) is 0 Å². The van der Waals surface area contributed by atoms with Gasteiger partial charge in [0.2, 0.25) is 5.91 Å². The van der Waals surface area contributed by atoms with Crippen molar-refractivity contribution in [1.29, 1.82) is 0 Å². The van der Waals surface area contributed by atoms with Crippen LogP contribution in [0.15, 0.2) is 24.4 Å². The minimum atomic E-state index is -0.275. The number of amides is 1. The average Bonchev–Trinajstić information content (AvgIpc) is 2.70. The molecule has 0 bridgehead atoms. The molecule has 0 aliphatic heterocycles. The highest BCUT2D eigenvalue weighted by molar-refractivity contribution is 5.89. The summed E-state index contributed by atoms with van der Waals surface area (Å²) in [6.07, 6.45) is 2.13. The van der Waals surface area contributed by atoms with Gasteiger partial charge in [0.05, 0.1) is 6.42 Å². The van der Waals surface area contributed by atoms with Gasteiger partial charge in [-0.3, -0.25) is 4.79 Å². The summed E-state index contributed by atoms with van der Waals surface area (Å²) in [4.78, 5) is 17.3. The molecule has 0 fully saturated rings. The van der Waals surface area contributed by atoms with E-state index < -0.39 is 0 Å². The number of halogens is 1. The van der Waals surface area contributed by atoms with E-state index in [0.717, 1.165) is 16.5 Å². The molecule has 0 saturated heterocycles. The molecule has 0 atom stereocenters. The zero-order chi connectivity index (χ0) is 14.9. The number of aromatic amines is 1. The maximum Gasteiger partial charge on any atom is 0.227 e. The number of fused-ring (bicyclic) bond motifs is 1. The van der Waals surface area contributed by atoms with Gasteiger partial charge in [0.15, 0.2) is 0 Å². The molecule has 0 aliphatic rings. The molecule has 2 aromatic rings. The summed E-state index contributed by atoms with van der Waals surface area (Å²) in [5.41, 5.74) is 1.64. The largest absolute Gasteiger partial charge is 0.361 e. The monoisotopic (exact) mass is 276 g/mol. The molecule has 108 valence electrons. The predicted octanol–water partition coefficient (Wildman–Crippen LogP) is 3.49. The fourth-order valence-electron chi connectivity index (χ4n) is 2.73. The molecule has 0 spiro atoms. The Kier molecular flexibility index (Phi) is 4.12. The van der Waals surface area contributed by atoms with E-state index in [2.05, 4.69) is 4.98 Å². The van der Waals surface area contributed by atoms with Gasteiger partial charge in [0.25, 0.3) is 0 Å². The molecule has 1 aromatic heterocycles. The number of nitrogens with zero attached hydrogens (tertiary/aromatic N) is 1. The Labute approximate surface area is 118 Å². The highest BCUT2D eigenvalue weighted by Crippen LogP contribution is 2.21. The molecule has 1 heterocycles. The minimum absolute atomic E-state index is 0.0974. The summed E-state index contributed by atoms with van der Waals surface area (Å²) < 4.78 is 13.2. The first-order valence-corrected chi connectivity index (χ1v) is 6.97. The first-order valence-electron chi connectivity index (χ1n) is 6.97. The molecule has 1 aromatic carbocycles. The van der Waals surface area contributed by atoms with E-state index in [1.807, 2.05) is 32.6 Å². The van der Waals surface area contributed by atoms with Crippen molar-refractivity contribution in [2.24, 2.45) is 0 Å². The third-order valence-corrected chi connectivity index (χ3v) is 3.47. The van der Waals surface area contributed by atoms with E-state index in [1.165, 1.54) is 12.1 Å². The van der Waals surface area contributed by atoms with Crippen LogP contribution in [0.25, 0.3) is 10.9 Å². The van der Waals surface area contributed by atoms with Gasteiger partial charge >= 0.3 is 0 Å². The first-order chi connectivity index (χ1) is 9.40. The molecular weight excluding hydrogens is 255 g/mol. The molecular formula is C16H21FN2O. The zero-order valence-electron chi connectivity index (χ0n) is 12.4. The normalized spacial score (nSPS) is 11.6. The molecule has 3 nitrogen and oxygen atoms in total. The molecule has 0 saturated carbocycles. The van der Waals surface area contributed by atoms with E-state index in [4.69, 9.17) is 0 Å². The number of hydrogen-bond donors (Lipinski definition) is 1. The van der Waals surface area contributed by atoms with Crippen LogP contribution in [-0.2, 0) is 11.2 Å². The number of hydrogen-bond acceptors (Lipinski definition) is 1. The van der Waals surface area contributed by atoms with Crippen molar-refractivity contribution < 1.29 is 9.18 Å². The van der Waals surface area contributed by atoms with E-state index in [-0.39, 0.29) is 23.8 Å². The maximum atomic E-state index is 13.2. The van der Waals surface area contributed by atoms with E-state index in [1.54, 1.807) is 12.3 Å². The van der Waals surface area contributed by atoms with Gasteiger partial charge in [-0.1, -0.05) is 0 Å². The molecule has 1 N–H and O–H groups in total. The SMILES string of the molecule is CC(C)N(C(=O)Cc1c[nH]c2cc(F)ccc12)C(C)C. The van der Waals surface area contributed by atoms with Crippen LogP contribution in [-0.4, -0.2) is 27.9 Å². The minimum Gasteiger partial charge on any atom is -0.361 e. The predicted molar refractivity (Wildman–Crippen MR) is 79.1 cm³/mol. The zero-order valence-corrected chi connectivity index (χ0v) is 12.4. The highest BCUT2D eigenvalue weighted by atomic mass is 19.1. The lowest BCUT2D eigenvalue weighted by molar-refractivity contribution is -0.134. The van der Waals surface area contributed by atoms with Gasteiger partial charge < -0.3 is 9.88 Å². The van der Waals surface area contributed by atoms with Crippen LogP contribution < -0.4 is 0 Å². The summed E-state index contributed by atoms with van der Waals surface area (Å²) in [6, 6.07) is 4.94. The second-order valence-electron chi connectivity index (χ2n) is 5.67. The van der Waals surface area contributed by atoms with E-state index in [0.29, 0.717) is 6.42 Å². The van der Waals surface area contributed by atoms with Crippen LogP contribution in [0.1, 0.15) is 33.3 Å². The number of carbonyl (C=O) groups is 1. The van der Waals surface area contributed by atoms with Crippen molar-refractivity contribution in [3.05, 3.63) is 35.8 Å². The van der Waals surface area contributed by atoms with Crippen LogP contribution in [0.3, 0.4) is 0 Å². The van der Waals surface area contributed by atoms with Crippen LogP contribution in [0, 0.1) is 5.82 Å². The second kappa shape index (κ2) is 5.65. The number of nitrogens with one attached hydrogen (secondary N) is 1. The molecule has 0 aliphatic carbocycles. The van der Waals surface area contributed by atoms with Crippen molar-refractivity contribution in [2.45, 2.75) is 46.2 Å². The Morgan fingerprint density at radius 3 is 2.50 bits per heavy atom. The van der Waals surface area contributed by atoms with Crippen molar-refractivity contribution in [2.75, 3.05) is 0 Å². The summed E-state index contributed by atoms with van der Waals surface area (Å²) in [5.74, 6) is -0.177. The Morgan fingerprint density at radius 2 is 1.90 bits per heavy atom. The molecule has 2 rings (SSSR count). The third-order valence-electron chi connectivity index (χ3n) is 3.47. The van der Waals surface area contributed by atoms with E-state index >= 15 is 0 Å². The highest BCUT2D eigenvalue weighted by Gasteiger charge is 2.21. The molecule has 0 radical (unpaired) electrons. The van der Waals surface area contributed by atoms with Gasteiger partial charge in [0, 0.05) is 29.2 Å². The average molecular weight is 276 g/mol. The maximum absolute atomic E-state index is 13.2. The Hall–Kier alpha value is -1.84. The Bertz CT molecular complexity index is 608. The van der Waals surface area contributed by atoms with Crippen LogP contribution in [0.4, 0.5) is 4.39 Å². The van der Waals surface area contributed by atoms with Crippen LogP contribution in [0.5, 0.6) is 0 Å². The first kappa shape index (κ1) is 14.6. The quantitative estimate of drug-likeness (QED) is 0.911. The lowest BCUT2D eigenvalue weighted by atomic mass is 10.1. The number of benzene rings is 1. The van der Waals surface area contributed by atoms with Gasteiger partial charge in [-0.2, -0.15) is 0 Å². The fourth-order valence-corrected chi connectivity index (χ4v) is 2.73. The van der Waals surface area contributed by atoms with Crippen molar-refractivity contribution in [3.63, 3.8) is 0 Å². The number of H-pyrrole nitrogens is 1. The standard InChI is InChI=1S/C16H21FN2O/c1-10(2)19(11(3)4)16(20)7-12-9-18-15-8-13(17)5-6-14(12)15/h5-6,8-11,18H,7H2,1-4H3. The number of carbonyl (C=O) groups excluding carboxylic acids is 1. The van der Waals surface area contributed by atoms with Crippen LogP contribution >= 0.6 is 0 Å². The molecule has 1 amide bonds. The topological polar surface area (TPSA) is 36.1 Å². The molecule has 20 heavy (non-hydrogen) atoms. The van der Waals surface area contributed by atoms with Crippen molar-refractivity contribution >= 4 is 16.8 Å². The molecule has 4 heteroatoms. The summed E-state index contributed by atoms with van der Waals surface area (Å²) in [5, 5.41) is 0.909. The summed E-state index contributed by atoms with van der Waals surface area (Å²) in [7, 11) is 0. The van der Waals surface area contributed by atoms with Gasteiger partial charge in [-0.15, -0.1) is 0 Å². The summed E-state index contributed by atoms with van der Waals surface area (Å²) >= 11 is 0. The van der Waals surface area contributed by atoms with Crippen molar-refractivity contribution in [1.82, 2.24) is 9.88 Å².